The maximum Gasteiger partial charge on any atom is 0.124 e. The van der Waals surface area contributed by atoms with Crippen molar-refractivity contribution in [1.29, 1.82) is 5.41 Å². The van der Waals surface area contributed by atoms with Gasteiger partial charge in [-0.1, -0.05) is 12.1 Å². The minimum atomic E-state index is 0.153. The maximum absolute atomic E-state index is 7.74. The van der Waals surface area contributed by atoms with Crippen molar-refractivity contribution in [3.8, 4) is 0 Å². The van der Waals surface area contributed by atoms with Crippen LogP contribution in [0.2, 0.25) is 0 Å². The van der Waals surface area contributed by atoms with Gasteiger partial charge in [0, 0.05) is 31.2 Å². The molecule has 1 aliphatic heterocycles. The van der Waals surface area contributed by atoms with E-state index in [1.807, 2.05) is 12.1 Å². The molecule has 1 heterocycles. The van der Waals surface area contributed by atoms with E-state index in [1.54, 1.807) is 0 Å². The topological polar surface area (TPSA) is 56.4 Å². The summed E-state index contributed by atoms with van der Waals surface area (Å²) in [5.74, 6) is 0.153. The Hall–Kier alpha value is -1.55. The Morgan fingerprint density at radius 2 is 2.11 bits per heavy atom. The number of rotatable bonds is 2. The first kappa shape index (κ1) is 12.9. The molecule has 0 amide bonds. The Bertz CT molecular complexity index is 455. The van der Waals surface area contributed by atoms with E-state index in [0.29, 0.717) is 6.04 Å². The monoisotopic (exact) mass is 246 g/mol. The minimum absolute atomic E-state index is 0.153. The van der Waals surface area contributed by atoms with Crippen molar-refractivity contribution >= 4 is 11.5 Å². The number of nitrogens with zero attached hydrogens (tertiary/aromatic N) is 2. The predicted octanol–water partition coefficient (Wildman–Crippen LogP) is 1.42. The van der Waals surface area contributed by atoms with Crippen LogP contribution < -0.4 is 10.6 Å². The van der Waals surface area contributed by atoms with Gasteiger partial charge in [-0.2, -0.15) is 0 Å². The Morgan fingerprint density at radius 3 is 2.72 bits per heavy atom. The number of hydrogen-bond donors (Lipinski definition) is 2. The fourth-order valence-electron chi connectivity index (χ4n) is 2.73. The van der Waals surface area contributed by atoms with E-state index in [2.05, 4.69) is 36.8 Å². The maximum atomic E-state index is 7.74. The summed E-state index contributed by atoms with van der Waals surface area (Å²) in [4.78, 5) is 4.72. The first-order valence-corrected chi connectivity index (χ1v) is 6.40. The van der Waals surface area contributed by atoms with Gasteiger partial charge >= 0.3 is 0 Å². The Labute approximate surface area is 109 Å². The van der Waals surface area contributed by atoms with Crippen molar-refractivity contribution in [2.45, 2.75) is 19.9 Å². The van der Waals surface area contributed by atoms with Crippen LogP contribution in [0.3, 0.4) is 0 Å². The van der Waals surface area contributed by atoms with Crippen molar-refractivity contribution in [2.75, 3.05) is 31.6 Å². The Morgan fingerprint density at radius 1 is 1.39 bits per heavy atom. The highest BCUT2D eigenvalue weighted by molar-refractivity contribution is 6.01. The van der Waals surface area contributed by atoms with Gasteiger partial charge < -0.3 is 15.5 Å². The van der Waals surface area contributed by atoms with Crippen LogP contribution in [0.15, 0.2) is 18.2 Å². The van der Waals surface area contributed by atoms with Crippen molar-refractivity contribution in [1.82, 2.24) is 4.90 Å². The standard InChI is InChI=1S/C14H22N4/c1-10-5-4-6-12(14(15)16)13(10)18-8-7-17(3)9-11(18)2/h4-6,11H,7-9H2,1-3H3,(H3,15,16). The Balaban J connectivity index is 2.41. The first-order chi connectivity index (χ1) is 8.50. The number of nitrogen functional groups attached to an aromatic ring is 1. The lowest BCUT2D eigenvalue weighted by molar-refractivity contribution is 0.275. The lowest BCUT2D eigenvalue weighted by Gasteiger charge is -2.41. The molecular weight excluding hydrogens is 224 g/mol. The van der Waals surface area contributed by atoms with Crippen LogP contribution in [0, 0.1) is 12.3 Å². The van der Waals surface area contributed by atoms with E-state index in [-0.39, 0.29) is 5.84 Å². The normalized spacial score (nSPS) is 21.1. The second-order valence-electron chi connectivity index (χ2n) is 5.19. The van der Waals surface area contributed by atoms with E-state index >= 15 is 0 Å². The number of aryl methyl sites for hydroxylation is 1. The number of nitrogens with two attached hydrogens (primary N) is 1. The summed E-state index contributed by atoms with van der Waals surface area (Å²) in [6, 6.07) is 6.45. The molecule has 1 atom stereocenters. The molecule has 1 unspecified atom stereocenters. The molecule has 0 aliphatic carbocycles. The van der Waals surface area contributed by atoms with Crippen LogP contribution in [0.25, 0.3) is 0 Å². The van der Waals surface area contributed by atoms with E-state index < -0.39 is 0 Å². The average molecular weight is 246 g/mol. The molecule has 18 heavy (non-hydrogen) atoms. The number of piperazine rings is 1. The zero-order valence-electron chi connectivity index (χ0n) is 11.4. The molecule has 4 nitrogen and oxygen atoms in total. The predicted molar refractivity (Wildman–Crippen MR) is 76.5 cm³/mol. The fraction of sp³-hybridized carbons (Fsp3) is 0.500. The van der Waals surface area contributed by atoms with Gasteiger partial charge in [-0.15, -0.1) is 0 Å². The van der Waals surface area contributed by atoms with Gasteiger partial charge in [0.15, 0.2) is 0 Å². The number of nitrogens with one attached hydrogen (secondary N) is 1. The summed E-state index contributed by atoms with van der Waals surface area (Å²) in [6.45, 7) is 7.41. The van der Waals surface area contributed by atoms with E-state index in [4.69, 9.17) is 11.1 Å². The van der Waals surface area contributed by atoms with Crippen LogP contribution in [0.1, 0.15) is 18.1 Å². The summed E-state index contributed by atoms with van der Waals surface area (Å²) < 4.78 is 0. The third-order valence-electron chi connectivity index (χ3n) is 3.65. The number of para-hydroxylation sites is 1. The lowest BCUT2D eigenvalue weighted by Crippen LogP contribution is -2.51. The molecule has 0 bridgehead atoms. The van der Waals surface area contributed by atoms with Gasteiger partial charge in [0.1, 0.15) is 5.84 Å². The molecule has 0 saturated carbocycles. The van der Waals surface area contributed by atoms with Gasteiger partial charge in [-0.25, -0.2) is 0 Å². The average Bonchev–Trinajstić information content (AvgIpc) is 2.29. The first-order valence-electron chi connectivity index (χ1n) is 6.40. The molecule has 1 aliphatic rings. The van der Waals surface area contributed by atoms with Gasteiger partial charge in [-0.05, 0) is 32.5 Å². The second-order valence-corrected chi connectivity index (χ2v) is 5.19. The fourth-order valence-corrected chi connectivity index (χ4v) is 2.73. The van der Waals surface area contributed by atoms with Crippen LogP contribution in [-0.4, -0.2) is 43.5 Å². The zero-order valence-corrected chi connectivity index (χ0v) is 11.4. The molecule has 3 N–H and O–H groups in total. The summed E-state index contributed by atoms with van der Waals surface area (Å²) in [5, 5.41) is 7.74. The molecular formula is C14H22N4. The molecule has 0 radical (unpaired) electrons. The highest BCUT2D eigenvalue weighted by atomic mass is 15.3. The van der Waals surface area contributed by atoms with Gasteiger partial charge in [0.2, 0.25) is 0 Å². The van der Waals surface area contributed by atoms with Crippen LogP contribution >= 0.6 is 0 Å². The minimum Gasteiger partial charge on any atom is -0.384 e. The summed E-state index contributed by atoms with van der Waals surface area (Å²) in [7, 11) is 2.15. The second kappa shape index (κ2) is 4.98. The molecule has 2 rings (SSSR count). The molecule has 1 saturated heterocycles. The SMILES string of the molecule is Cc1cccc(C(=N)N)c1N1CCN(C)CC1C. The quantitative estimate of drug-likeness (QED) is 0.613. The van der Waals surface area contributed by atoms with Crippen molar-refractivity contribution in [3.63, 3.8) is 0 Å². The third-order valence-corrected chi connectivity index (χ3v) is 3.65. The molecule has 1 aromatic rings. The highest BCUT2D eigenvalue weighted by Gasteiger charge is 2.25. The molecule has 4 heteroatoms. The van der Waals surface area contributed by atoms with E-state index in [0.717, 1.165) is 30.9 Å². The number of amidine groups is 1. The summed E-state index contributed by atoms with van der Waals surface area (Å²) in [5.41, 5.74) is 8.89. The number of anilines is 1. The number of hydrogen-bond acceptors (Lipinski definition) is 3. The summed E-state index contributed by atoms with van der Waals surface area (Å²) in [6.07, 6.45) is 0. The molecule has 1 aromatic carbocycles. The molecule has 0 aromatic heterocycles. The number of benzene rings is 1. The van der Waals surface area contributed by atoms with Crippen LogP contribution in [0.4, 0.5) is 5.69 Å². The van der Waals surface area contributed by atoms with E-state index in [9.17, 15) is 0 Å². The lowest BCUT2D eigenvalue weighted by atomic mass is 10.0. The van der Waals surface area contributed by atoms with Gasteiger partial charge in [-0.3, -0.25) is 5.41 Å². The van der Waals surface area contributed by atoms with Crippen molar-refractivity contribution in [2.24, 2.45) is 5.73 Å². The highest BCUT2D eigenvalue weighted by Crippen LogP contribution is 2.28. The zero-order chi connectivity index (χ0) is 13.3. The van der Waals surface area contributed by atoms with Crippen molar-refractivity contribution in [3.05, 3.63) is 29.3 Å². The number of likely N-dealkylation sites (N-methyl/N-ethyl adjacent to an activating group) is 1. The largest absolute Gasteiger partial charge is 0.384 e. The van der Waals surface area contributed by atoms with Crippen LogP contribution in [0.5, 0.6) is 0 Å². The summed E-state index contributed by atoms with van der Waals surface area (Å²) >= 11 is 0. The van der Waals surface area contributed by atoms with Gasteiger partial charge in [0.25, 0.3) is 0 Å². The third kappa shape index (κ3) is 2.34. The molecule has 0 spiro atoms. The Kier molecular flexibility index (Phi) is 3.57. The van der Waals surface area contributed by atoms with E-state index in [1.165, 1.54) is 5.56 Å². The van der Waals surface area contributed by atoms with Crippen molar-refractivity contribution < 1.29 is 0 Å². The van der Waals surface area contributed by atoms with Crippen LogP contribution in [-0.2, 0) is 0 Å². The molecule has 98 valence electrons. The molecule has 1 fully saturated rings. The smallest absolute Gasteiger partial charge is 0.124 e. The van der Waals surface area contributed by atoms with Gasteiger partial charge in [0.05, 0.1) is 5.69 Å².